The maximum atomic E-state index is 13.0. The molecule has 0 saturated heterocycles. The lowest BCUT2D eigenvalue weighted by atomic mass is 9.88. The van der Waals surface area contributed by atoms with Crippen LogP contribution in [0.4, 0.5) is 0 Å². The fourth-order valence-electron chi connectivity index (χ4n) is 3.21. The Morgan fingerprint density at radius 3 is 2.35 bits per heavy atom. The molecule has 0 saturated carbocycles. The average Bonchev–Trinajstić information content (AvgIpc) is 2.72. The van der Waals surface area contributed by atoms with E-state index in [2.05, 4.69) is 9.71 Å². The van der Waals surface area contributed by atoms with Crippen LogP contribution in [0.5, 0.6) is 0 Å². The summed E-state index contributed by atoms with van der Waals surface area (Å²) < 4.78 is 28.6. The number of carbonyl (C=O) groups excluding carboxylic acids is 2. The molecule has 1 aromatic heterocycles. The number of hydrogen-bond acceptors (Lipinski definition) is 8. The number of hydrogen-bond donors (Lipinski definition) is 5. The summed E-state index contributed by atoms with van der Waals surface area (Å²) in [5.74, 6) is -3.28. The Labute approximate surface area is 195 Å². The molecule has 13 nitrogen and oxygen atoms in total. The standard InChI is InChI=1S/C20H27N7O6S/c1-12(28)18(21)14(15(29)10-27-8-7-17(30)25-20(27)31)9-16(24-19(22)23)26-34(32,33)11-13-5-3-2-4-6-13/h2-8,14,16,18,26H,9-11,21H2,1H3,(H4,22,23,24)(H,25,30,31)/t14?,16?,18-/m1/s1. The van der Waals surface area contributed by atoms with E-state index in [1.54, 1.807) is 30.3 Å². The van der Waals surface area contributed by atoms with Gasteiger partial charge < -0.3 is 17.2 Å². The largest absolute Gasteiger partial charge is 0.370 e. The first-order chi connectivity index (χ1) is 15.9. The van der Waals surface area contributed by atoms with E-state index in [9.17, 15) is 27.6 Å². The van der Waals surface area contributed by atoms with Crippen molar-refractivity contribution in [2.75, 3.05) is 0 Å². The van der Waals surface area contributed by atoms with Crippen LogP contribution in [-0.2, 0) is 31.9 Å². The molecule has 34 heavy (non-hydrogen) atoms. The summed E-state index contributed by atoms with van der Waals surface area (Å²) in [4.78, 5) is 54.0. The summed E-state index contributed by atoms with van der Waals surface area (Å²) in [7, 11) is -3.97. The van der Waals surface area contributed by atoms with Crippen LogP contribution in [0, 0.1) is 5.92 Å². The van der Waals surface area contributed by atoms with Crippen molar-refractivity contribution in [2.24, 2.45) is 28.1 Å². The summed E-state index contributed by atoms with van der Waals surface area (Å²) in [6.45, 7) is 0.652. The zero-order valence-electron chi connectivity index (χ0n) is 18.4. The monoisotopic (exact) mass is 493 g/mol. The Morgan fingerprint density at radius 2 is 1.79 bits per heavy atom. The van der Waals surface area contributed by atoms with Gasteiger partial charge in [0.2, 0.25) is 10.0 Å². The number of ketones is 2. The van der Waals surface area contributed by atoms with E-state index in [-0.39, 0.29) is 12.2 Å². The third kappa shape index (κ3) is 8.06. The summed E-state index contributed by atoms with van der Waals surface area (Å²) >= 11 is 0. The van der Waals surface area contributed by atoms with Crippen molar-refractivity contribution in [3.05, 3.63) is 69.0 Å². The van der Waals surface area contributed by atoms with Crippen molar-refractivity contribution in [1.29, 1.82) is 0 Å². The molecular formula is C20H27N7O6S. The number of carbonyl (C=O) groups is 2. The zero-order valence-corrected chi connectivity index (χ0v) is 19.2. The zero-order chi connectivity index (χ0) is 25.5. The van der Waals surface area contributed by atoms with Crippen molar-refractivity contribution < 1.29 is 18.0 Å². The van der Waals surface area contributed by atoms with Crippen LogP contribution in [0.2, 0.25) is 0 Å². The number of aromatic amines is 1. The highest BCUT2D eigenvalue weighted by Crippen LogP contribution is 2.17. The lowest BCUT2D eigenvalue weighted by Gasteiger charge is -2.25. The predicted octanol–water partition coefficient (Wildman–Crippen LogP) is -2.25. The van der Waals surface area contributed by atoms with Gasteiger partial charge in [-0.25, -0.2) is 18.2 Å². The van der Waals surface area contributed by atoms with Crippen molar-refractivity contribution in [1.82, 2.24) is 14.3 Å². The second-order valence-corrected chi connectivity index (χ2v) is 9.37. The number of H-pyrrole nitrogens is 1. The Balaban J connectivity index is 2.31. The Kier molecular flexibility index (Phi) is 9.00. The van der Waals surface area contributed by atoms with E-state index in [1.165, 1.54) is 6.92 Å². The molecule has 14 heteroatoms. The molecule has 0 amide bonds. The minimum Gasteiger partial charge on any atom is -0.370 e. The first kappa shape index (κ1) is 26.6. The molecule has 0 radical (unpaired) electrons. The van der Waals surface area contributed by atoms with Gasteiger partial charge in [-0.1, -0.05) is 30.3 Å². The third-order valence-electron chi connectivity index (χ3n) is 4.84. The second kappa shape index (κ2) is 11.5. The maximum absolute atomic E-state index is 13.0. The van der Waals surface area contributed by atoms with Crippen molar-refractivity contribution >= 4 is 27.5 Å². The topological polar surface area (TPSA) is 226 Å². The number of rotatable bonds is 12. The van der Waals surface area contributed by atoms with Crippen LogP contribution in [0.1, 0.15) is 18.9 Å². The molecule has 8 N–H and O–H groups in total. The molecule has 0 fully saturated rings. The lowest BCUT2D eigenvalue weighted by molar-refractivity contribution is -0.129. The smallest absolute Gasteiger partial charge is 0.328 e. The molecule has 2 unspecified atom stereocenters. The van der Waals surface area contributed by atoms with E-state index in [0.717, 1.165) is 16.8 Å². The minimum absolute atomic E-state index is 0.358. The SMILES string of the molecule is CC(=O)[C@@H](N)C(CC(N=C(N)N)NS(=O)(=O)Cc1ccccc1)C(=O)Cn1ccc(=O)[nH]c1=O. The molecular weight excluding hydrogens is 466 g/mol. The quantitative estimate of drug-likeness (QED) is 0.159. The molecule has 0 aliphatic rings. The summed E-state index contributed by atoms with van der Waals surface area (Å²) in [6.07, 6.45) is -0.555. The van der Waals surface area contributed by atoms with Crippen molar-refractivity contribution in [2.45, 2.75) is 37.8 Å². The number of sulfonamides is 1. The first-order valence-corrected chi connectivity index (χ1v) is 11.7. The molecule has 0 spiro atoms. The molecule has 1 heterocycles. The van der Waals surface area contributed by atoms with Crippen molar-refractivity contribution in [3.8, 4) is 0 Å². The van der Waals surface area contributed by atoms with E-state index >= 15 is 0 Å². The lowest BCUT2D eigenvalue weighted by Crippen LogP contribution is -2.47. The maximum Gasteiger partial charge on any atom is 0.328 e. The minimum atomic E-state index is -3.97. The van der Waals surface area contributed by atoms with Crippen LogP contribution in [-0.4, -0.2) is 47.7 Å². The van der Waals surface area contributed by atoms with Gasteiger partial charge in [0, 0.05) is 18.2 Å². The fourth-order valence-corrected chi connectivity index (χ4v) is 4.48. The highest BCUT2D eigenvalue weighted by atomic mass is 32.2. The van der Waals surface area contributed by atoms with Crippen LogP contribution in [0.3, 0.4) is 0 Å². The van der Waals surface area contributed by atoms with Crippen molar-refractivity contribution in [3.63, 3.8) is 0 Å². The molecule has 184 valence electrons. The summed E-state index contributed by atoms with van der Waals surface area (Å²) in [5, 5.41) is 0. The predicted molar refractivity (Wildman–Crippen MR) is 125 cm³/mol. The Bertz CT molecular complexity index is 1270. The van der Waals surface area contributed by atoms with Gasteiger partial charge >= 0.3 is 5.69 Å². The van der Waals surface area contributed by atoms with Crippen LogP contribution >= 0.6 is 0 Å². The third-order valence-corrected chi connectivity index (χ3v) is 6.18. The van der Waals surface area contributed by atoms with Gasteiger partial charge in [-0.3, -0.25) is 23.9 Å². The van der Waals surface area contributed by atoms with E-state index < -0.39 is 63.5 Å². The first-order valence-electron chi connectivity index (χ1n) is 10.1. The normalized spacial score (nSPS) is 14.1. The summed E-state index contributed by atoms with van der Waals surface area (Å²) in [6, 6.07) is 8.06. The van der Waals surface area contributed by atoms with Gasteiger partial charge in [0.15, 0.2) is 11.7 Å². The highest BCUT2D eigenvalue weighted by Gasteiger charge is 2.33. The number of Topliss-reactive ketones (excluding diaryl/α,β-unsaturated/α-hetero) is 2. The number of nitrogens with one attached hydrogen (secondary N) is 2. The van der Waals surface area contributed by atoms with E-state index in [0.29, 0.717) is 5.56 Å². The van der Waals surface area contributed by atoms with E-state index in [4.69, 9.17) is 17.2 Å². The molecule has 3 atom stereocenters. The molecule has 2 aromatic rings. The number of aliphatic imine (C=N–C) groups is 1. The highest BCUT2D eigenvalue weighted by molar-refractivity contribution is 7.88. The molecule has 2 rings (SSSR count). The second-order valence-electron chi connectivity index (χ2n) is 7.62. The van der Waals surface area contributed by atoms with Gasteiger partial charge in [0.1, 0.15) is 11.9 Å². The van der Waals surface area contributed by atoms with E-state index in [1.807, 2.05) is 4.98 Å². The van der Waals surface area contributed by atoms with Gasteiger partial charge in [0.05, 0.1) is 18.3 Å². The molecule has 0 aliphatic carbocycles. The average molecular weight is 494 g/mol. The van der Waals surface area contributed by atoms with Crippen LogP contribution in [0.15, 0.2) is 57.2 Å². The summed E-state index contributed by atoms with van der Waals surface area (Å²) in [5.41, 5.74) is 15.8. The Morgan fingerprint density at radius 1 is 1.15 bits per heavy atom. The molecule has 1 aromatic carbocycles. The number of nitrogens with two attached hydrogens (primary N) is 3. The molecule has 0 aliphatic heterocycles. The van der Waals surface area contributed by atoms with Crippen LogP contribution < -0.4 is 33.2 Å². The fraction of sp³-hybridized carbons (Fsp3) is 0.350. The van der Waals surface area contributed by atoms with Gasteiger partial charge in [-0.05, 0) is 18.9 Å². The van der Waals surface area contributed by atoms with Gasteiger partial charge in [0.25, 0.3) is 5.56 Å². The Hall–Kier alpha value is -3.62. The number of nitrogens with zero attached hydrogens (tertiary/aromatic N) is 2. The van der Waals surface area contributed by atoms with Crippen LogP contribution in [0.25, 0.3) is 0 Å². The van der Waals surface area contributed by atoms with Gasteiger partial charge in [-0.2, -0.15) is 4.72 Å². The number of benzene rings is 1. The number of guanidine groups is 1. The molecule has 0 bridgehead atoms. The number of aromatic nitrogens is 2. The van der Waals surface area contributed by atoms with Gasteiger partial charge in [-0.15, -0.1) is 0 Å².